The Kier molecular flexibility index (Phi) is 7.35. The number of hydrogen-bond acceptors (Lipinski definition) is 4. The Balaban J connectivity index is 1.97. The van der Waals surface area contributed by atoms with Crippen molar-refractivity contribution in [2.75, 3.05) is 20.8 Å². The van der Waals surface area contributed by atoms with Crippen LogP contribution in [0.4, 0.5) is 0 Å². The van der Waals surface area contributed by atoms with Gasteiger partial charge in [-0.15, -0.1) is 0 Å². The summed E-state index contributed by atoms with van der Waals surface area (Å²) < 4.78 is 17.1. The minimum Gasteiger partial charge on any atom is -0.493 e. The maximum absolute atomic E-state index is 12.3. The van der Waals surface area contributed by atoms with Gasteiger partial charge in [0.2, 0.25) is 0 Å². The number of hydrogen-bond donors (Lipinski definition) is 1. The normalized spacial score (nSPS) is 12.2. The van der Waals surface area contributed by atoms with Gasteiger partial charge in [-0.25, -0.2) is 0 Å². The predicted octanol–water partition coefficient (Wildman–Crippen LogP) is 5.02. The molecule has 152 valence electrons. The largest absolute Gasteiger partial charge is 0.493 e. The van der Waals surface area contributed by atoms with E-state index in [2.05, 4.69) is 42.0 Å². The Morgan fingerprint density at radius 1 is 1.04 bits per heavy atom. The molecule has 2 aromatic carbocycles. The van der Waals surface area contributed by atoms with Crippen LogP contribution >= 0.6 is 15.9 Å². The zero-order valence-corrected chi connectivity index (χ0v) is 18.8. The molecule has 0 saturated carbocycles. The van der Waals surface area contributed by atoms with Crippen molar-refractivity contribution in [3.63, 3.8) is 0 Å². The first-order valence-corrected chi connectivity index (χ1v) is 9.89. The van der Waals surface area contributed by atoms with Gasteiger partial charge in [0.25, 0.3) is 5.91 Å². The van der Waals surface area contributed by atoms with Gasteiger partial charge in [0.1, 0.15) is 5.75 Å². The number of carbonyl (C=O) groups is 1. The second kappa shape index (κ2) is 9.32. The predicted molar refractivity (Wildman–Crippen MR) is 114 cm³/mol. The van der Waals surface area contributed by atoms with Gasteiger partial charge in [-0.3, -0.25) is 4.79 Å². The molecule has 1 N–H and O–H groups in total. The summed E-state index contributed by atoms with van der Waals surface area (Å²) >= 11 is 3.52. The van der Waals surface area contributed by atoms with Crippen LogP contribution in [-0.2, 0) is 10.2 Å². The van der Waals surface area contributed by atoms with Crippen LogP contribution in [0.2, 0.25) is 0 Å². The third-order valence-corrected chi connectivity index (χ3v) is 5.06. The first-order valence-electron chi connectivity index (χ1n) is 9.09. The molecule has 0 aliphatic carbocycles. The fraction of sp³-hybridized carbons (Fsp3) is 0.409. The van der Waals surface area contributed by atoms with E-state index in [1.807, 2.05) is 43.3 Å². The zero-order chi connectivity index (χ0) is 20.9. The van der Waals surface area contributed by atoms with Crippen LogP contribution in [0, 0.1) is 0 Å². The van der Waals surface area contributed by atoms with Gasteiger partial charge in [0.05, 0.1) is 24.7 Å². The summed E-state index contributed by atoms with van der Waals surface area (Å²) in [5.41, 5.74) is 2.16. The Bertz CT molecular complexity index is 830. The number of methoxy groups -OCH3 is 2. The van der Waals surface area contributed by atoms with Crippen LogP contribution in [0.1, 0.15) is 44.9 Å². The average Bonchev–Trinajstić information content (AvgIpc) is 2.65. The molecule has 0 saturated heterocycles. The monoisotopic (exact) mass is 449 g/mol. The maximum Gasteiger partial charge on any atom is 0.258 e. The fourth-order valence-electron chi connectivity index (χ4n) is 2.72. The number of ether oxygens (including phenoxy) is 3. The van der Waals surface area contributed by atoms with Gasteiger partial charge in [-0.2, -0.15) is 0 Å². The van der Waals surface area contributed by atoms with Gasteiger partial charge < -0.3 is 19.5 Å². The molecule has 0 aromatic heterocycles. The second-order valence-electron chi connectivity index (χ2n) is 7.59. The standard InChI is InChI=1S/C22H28BrNO4/c1-14(15-7-9-19(26-5)20(11-15)27-6)24-21(25)13-28-18-10-8-16(12-17(18)23)22(2,3)4/h7-12,14H,13H2,1-6H3,(H,24,25). The van der Waals surface area contributed by atoms with Gasteiger partial charge in [-0.1, -0.05) is 32.9 Å². The average molecular weight is 450 g/mol. The molecule has 1 atom stereocenters. The number of halogens is 1. The van der Waals surface area contributed by atoms with E-state index in [0.717, 1.165) is 10.0 Å². The Hall–Kier alpha value is -2.21. The fourth-order valence-corrected chi connectivity index (χ4v) is 3.21. The molecule has 0 aliphatic heterocycles. The molecule has 6 heteroatoms. The molecule has 0 spiro atoms. The molecule has 0 aliphatic rings. The summed E-state index contributed by atoms with van der Waals surface area (Å²) in [5.74, 6) is 1.72. The van der Waals surface area contributed by atoms with Gasteiger partial charge in [-0.05, 0) is 63.7 Å². The lowest BCUT2D eigenvalue weighted by Crippen LogP contribution is -2.31. The van der Waals surface area contributed by atoms with Crippen molar-refractivity contribution in [3.8, 4) is 17.2 Å². The molecule has 1 amide bonds. The van der Waals surface area contributed by atoms with E-state index in [1.54, 1.807) is 14.2 Å². The van der Waals surface area contributed by atoms with Gasteiger partial charge in [0.15, 0.2) is 18.1 Å². The van der Waals surface area contributed by atoms with Crippen LogP contribution < -0.4 is 19.5 Å². The van der Waals surface area contributed by atoms with Crippen LogP contribution in [-0.4, -0.2) is 26.7 Å². The van der Waals surface area contributed by atoms with E-state index in [-0.39, 0.29) is 24.0 Å². The molecule has 1 unspecified atom stereocenters. The van der Waals surface area contributed by atoms with E-state index in [0.29, 0.717) is 17.2 Å². The molecule has 5 nitrogen and oxygen atoms in total. The molecule has 0 radical (unpaired) electrons. The lowest BCUT2D eigenvalue weighted by molar-refractivity contribution is -0.123. The highest BCUT2D eigenvalue weighted by Crippen LogP contribution is 2.32. The van der Waals surface area contributed by atoms with Crippen molar-refractivity contribution in [2.24, 2.45) is 0 Å². The number of benzene rings is 2. The topological polar surface area (TPSA) is 56.8 Å². The summed E-state index contributed by atoms with van der Waals surface area (Å²) in [5, 5.41) is 2.93. The maximum atomic E-state index is 12.3. The summed E-state index contributed by atoms with van der Waals surface area (Å²) in [6.07, 6.45) is 0. The molecule has 0 heterocycles. The van der Waals surface area contributed by atoms with Crippen molar-refractivity contribution in [1.29, 1.82) is 0 Å². The Morgan fingerprint density at radius 3 is 2.25 bits per heavy atom. The minimum absolute atomic E-state index is 0.0489. The minimum atomic E-state index is -0.200. The molecule has 0 fully saturated rings. The number of nitrogens with one attached hydrogen (secondary N) is 1. The van der Waals surface area contributed by atoms with Gasteiger partial charge >= 0.3 is 0 Å². The molecular weight excluding hydrogens is 422 g/mol. The summed E-state index contributed by atoms with van der Waals surface area (Å²) in [7, 11) is 3.17. The van der Waals surface area contributed by atoms with Crippen molar-refractivity contribution in [2.45, 2.75) is 39.2 Å². The second-order valence-corrected chi connectivity index (χ2v) is 8.44. The van der Waals surface area contributed by atoms with Crippen LogP contribution in [0.25, 0.3) is 0 Å². The Labute approximate surface area is 175 Å². The summed E-state index contributed by atoms with van der Waals surface area (Å²) in [6.45, 7) is 8.30. The highest BCUT2D eigenvalue weighted by atomic mass is 79.9. The Morgan fingerprint density at radius 2 is 1.68 bits per heavy atom. The third kappa shape index (κ3) is 5.64. The molecular formula is C22H28BrNO4. The molecule has 2 aromatic rings. The SMILES string of the molecule is COc1ccc(C(C)NC(=O)COc2ccc(C(C)(C)C)cc2Br)cc1OC. The van der Waals surface area contributed by atoms with E-state index in [9.17, 15) is 4.79 Å². The zero-order valence-electron chi connectivity index (χ0n) is 17.3. The van der Waals surface area contributed by atoms with Crippen molar-refractivity contribution in [1.82, 2.24) is 5.32 Å². The van der Waals surface area contributed by atoms with Gasteiger partial charge in [0, 0.05) is 0 Å². The number of rotatable bonds is 7. The number of carbonyl (C=O) groups excluding carboxylic acids is 1. The summed E-state index contributed by atoms with van der Waals surface area (Å²) in [6, 6.07) is 11.3. The van der Waals surface area contributed by atoms with Crippen LogP contribution in [0.15, 0.2) is 40.9 Å². The highest BCUT2D eigenvalue weighted by molar-refractivity contribution is 9.10. The molecule has 2 rings (SSSR count). The first kappa shape index (κ1) is 22.1. The van der Waals surface area contributed by atoms with E-state index >= 15 is 0 Å². The van der Waals surface area contributed by atoms with E-state index < -0.39 is 0 Å². The smallest absolute Gasteiger partial charge is 0.258 e. The van der Waals surface area contributed by atoms with Crippen LogP contribution in [0.3, 0.4) is 0 Å². The van der Waals surface area contributed by atoms with E-state index in [4.69, 9.17) is 14.2 Å². The quantitative estimate of drug-likeness (QED) is 0.644. The molecule has 28 heavy (non-hydrogen) atoms. The summed E-state index contributed by atoms with van der Waals surface area (Å²) in [4.78, 5) is 12.3. The third-order valence-electron chi connectivity index (χ3n) is 4.44. The molecule has 0 bridgehead atoms. The first-order chi connectivity index (χ1) is 13.2. The lowest BCUT2D eigenvalue weighted by Gasteiger charge is -2.20. The van der Waals surface area contributed by atoms with E-state index in [1.165, 1.54) is 5.56 Å². The number of amides is 1. The van der Waals surface area contributed by atoms with Crippen molar-refractivity contribution < 1.29 is 19.0 Å². The highest BCUT2D eigenvalue weighted by Gasteiger charge is 2.17. The lowest BCUT2D eigenvalue weighted by atomic mass is 9.87. The van der Waals surface area contributed by atoms with Crippen molar-refractivity contribution in [3.05, 3.63) is 52.0 Å². The van der Waals surface area contributed by atoms with Crippen molar-refractivity contribution >= 4 is 21.8 Å². The van der Waals surface area contributed by atoms with Crippen LogP contribution in [0.5, 0.6) is 17.2 Å².